The molecule has 3 amide bonds. The molecule has 0 spiro atoms. The molecule has 2 aromatic carbocycles. The Hall–Kier alpha value is -3.39. The van der Waals surface area contributed by atoms with Crippen LogP contribution in [0.1, 0.15) is 54.9 Å². The summed E-state index contributed by atoms with van der Waals surface area (Å²) >= 11 is 0. The average Bonchev–Trinajstić information content (AvgIpc) is 2.87. The van der Waals surface area contributed by atoms with Gasteiger partial charge in [0, 0.05) is 25.7 Å². The number of carbonyl (C=O) groups excluding carboxylic acids is 3. The van der Waals surface area contributed by atoms with Gasteiger partial charge in [-0.2, -0.15) is 0 Å². The van der Waals surface area contributed by atoms with Crippen LogP contribution >= 0.6 is 0 Å². The van der Waals surface area contributed by atoms with E-state index < -0.39 is 0 Å². The molecule has 1 fully saturated rings. The lowest BCUT2D eigenvalue weighted by Crippen LogP contribution is -2.54. The number of fused-ring (bicyclic) bond motifs is 2. The van der Waals surface area contributed by atoms with Gasteiger partial charge in [-0.3, -0.25) is 14.4 Å². The van der Waals surface area contributed by atoms with Crippen molar-refractivity contribution in [2.45, 2.75) is 63.7 Å². The van der Waals surface area contributed by atoms with E-state index in [9.17, 15) is 14.4 Å². The number of benzene rings is 2. The molecule has 0 unspecified atom stereocenters. The SMILES string of the molecule is CCCC(=O)Nc1ccc2c(c1)C(=O)N(C)[C@H]1CC[C@@H](CC(=O)NCCc3ccccc3)O[C@H]1CO2. The second kappa shape index (κ2) is 12.0. The molecule has 2 heterocycles. The Morgan fingerprint density at radius 1 is 1.08 bits per heavy atom. The molecule has 2 aliphatic rings. The normalized spacial score (nSPS) is 21.3. The summed E-state index contributed by atoms with van der Waals surface area (Å²) in [5.41, 5.74) is 2.18. The Kier molecular flexibility index (Phi) is 8.59. The minimum absolute atomic E-state index is 0.0337. The Balaban J connectivity index is 1.34. The van der Waals surface area contributed by atoms with Gasteiger partial charge in [-0.05, 0) is 49.4 Å². The van der Waals surface area contributed by atoms with Gasteiger partial charge in [0.1, 0.15) is 18.5 Å². The number of amides is 3. The lowest BCUT2D eigenvalue weighted by molar-refractivity contribution is -0.134. The third kappa shape index (κ3) is 6.43. The van der Waals surface area contributed by atoms with Crippen LogP contribution in [0, 0.1) is 0 Å². The van der Waals surface area contributed by atoms with Crippen molar-refractivity contribution in [1.82, 2.24) is 10.2 Å². The largest absolute Gasteiger partial charge is 0.490 e. The van der Waals surface area contributed by atoms with Gasteiger partial charge >= 0.3 is 0 Å². The van der Waals surface area contributed by atoms with E-state index in [4.69, 9.17) is 9.47 Å². The van der Waals surface area contributed by atoms with E-state index in [2.05, 4.69) is 10.6 Å². The lowest BCUT2D eigenvalue weighted by Gasteiger charge is -2.42. The fraction of sp³-hybridized carbons (Fsp3) is 0.464. The molecule has 0 saturated carbocycles. The van der Waals surface area contributed by atoms with Crippen molar-refractivity contribution in [2.24, 2.45) is 0 Å². The standard InChI is InChI=1S/C28H35N3O5/c1-3-7-26(32)30-20-10-13-24-22(16-20)28(34)31(2)23-12-11-21(36-25(23)18-35-24)17-27(33)29-15-14-19-8-5-4-6-9-19/h4-6,8-10,13,16,21,23,25H,3,7,11-12,14-15,17-18H2,1-2H3,(H,29,33)(H,30,32)/t21-,23-,25-/m0/s1. The first kappa shape index (κ1) is 25.7. The Morgan fingerprint density at radius 2 is 1.89 bits per heavy atom. The van der Waals surface area contributed by atoms with Crippen LogP contribution in [-0.2, 0) is 20.7 Å². The van der Waals surface area contributed by atoms with Crippen LogP contribution in [0.4, 0.5) is 5.69 Å². The summed E-state index contributed by atoms with van der Waals surface area (Å²) in [4.78, 5) is 39.5. The topological polar surface area (TPSA) is 97.0 Å². The Bertz CT molecular complexity index is 1070. The van der Waals surface area contributed by atoms with Gasteiger partial charge in [-0.15, -0.1) is 0 Å². The maximum atomic E-state index is 13.3. The summed E-state index contributed by atoms with van der Waals surface area (Å²) in [5, 5.41) is 5.82. The number of anilines is 1. The number of rotatable bonds is 8. The zero-order valence-electron chi connectivity index (χ0n) is 21.0. The van der Waals surface area contributed by atoms with E-state index in [1.54, 1.807) is 30.1 Å². The number of ether oxygens (including phenoxy) is 2. The summed E-state index contributed by atoms with van der Waals surface area (Å²) in [6.07, 6.45) is 3.11. The molecule has 1 saturated heterocycles. The minimum Gasteiger partial charge on any atom is -0.490 e. The number of hydrogen-bond acceptors (Lipinski definition) is 5. The highest BCUT2D eigenvalue weighted by molar-refractivity contribution is 5.99. The molecule has 8 heteroatoms. The molecule has 2 N–H and O–H groups in total. The highest BCUT2D eigenvalue weighted by Gasteiger charge is 2.39. The number of nitrogens with zero attached hydrogens (tertiary/aromatic N) is 1. The van der Waals surface area contributed by atoms with Gasteiger partial charge in [0.2, 0.25) is 11.8 Å². The molecule has 2 aromatic rings. The zero-order valence-corrected chi connectivity index (χ0v) is 21.0. The molecule has 0 aliphatic carbocycles. The molecule has 0 bridgehead atoms. The number of hydrogen-bond donors (Lipinski definition) is 2. The van der Waals surface area contributed by atoms with Gasteiger partial charge in [-0.25, -0.2) is 0 Å². The summed E-state index contributed by atoms with van der Waals surface area (Å²) in [5.74, 6) is 0.171. The van der Waals surface area contributed by atoms with Crippen molar-refractivity contribution >= 4 is 23.4 Å². The van der Waals surface area contributed by atoms with Crippen molar-refractivity contribution in [3.8, 4) is 5.75 Å². The maximum Gasteiger partial charge on any atom is 0.257 e. The third-order valence-corrected chi connectivity index (χ3v) is 6.76. The smallest absolute Gasteiger partial charge is 0.257 e. The number of carbonyl (C=O) groups is 3. The Labute approximate surface area is 212 Å². The zero-order chi connectivity index (χ0) is 25.5. The predicted molar refractivity (Wildman–Crippen MR) is 137 cm³/mol. The second-order valence-corrected chi connectivity index (χ2v) is 9.47. The molecule has 2 aliphatic heterocycles. The maximum absolute atomic E-state index is 13.3. The molecular formula is C28H35N3O5. The fourth-order valence-corrected chi connectivity index (χ4v) is 4.83. The molecule has 0 aromatic heterocycles. The van der Waals surface area contributed by atoms with Crippen molar-refractivity contribution in [1.29, 1.82) is 0 Å². The van der Waals surface area contributed by atoms with Crippen molar-refractivity contribution < 1.29 is 23.9 Å². The molecule has 192 valence electrons. The third-order valence-electron chi connectivity index (χ3n) is 6.76. The van der Waals surface area contributed by atoms with E-state index in [1.807, 2.05) is 37.3 Å². The van der Waals surface area contributed by atoms with Crippen molar-refractivity contribution in [2.75, 3.05) is 25.5 Å². The molecule has 0 radical (unpaired) electrons. The van der Waals surface area contributed by atoms with E-state index >= 15 is 0 Å². The van der Waals surface area contributed by atoms with Gasteiger partial charge in [-0.1, -0.05) is 37.3 Å². The van der Waals surface area contributed by atoms with Crippen molar-refractivity contribution in [3.63, 3.8) is 0 Å². The average molecular weight is 494 g/mol. The summed E-state index contributed by atoms with van der Waals surface area (Å²) < 4.78 is 12.3. The highest BCUT2D eigenvalue weighted by atomic mass is 16.5. The Morgan fingerprint density at radius 3 is 2.67 bits per heavy atom. The lowest BCUT2D eigenvalue weighted by atomic mass is 9.94. The first-order valence-electron chi connectivity index (χ1n) is 12.7. The van der Waals surface area contributed by atoms with Gasteiger partial charge < -0.3 is 25.0 Å². The first-order chi connectivity index (χ1) is 17.4. The van der Waals surface area contributed by atoms with Gasteiger partial charge in [0.25, 0.3) is 5.91 Å². The minimum atomic E-state index is -0.327. The molecule has 3 atom stereocenters. The quantitative estimate of drug-likeness (QED) is 0.586. The van der Waals surface area contributed by atoms with E-state index in [1.165, 1.54) is 5.56 Å². The molecule has 4 rings (SSSR count). The van der Waals surface area contributed by atoms with Crippen LogP contribution in [0.5, 0.6) is 5.75 Å². The van der Waals surface area contributed by atoms with Crippen LogP contribution in [-0.4, -0.2) is 61.1 Å². The van der Waals surface area contributed by atoms with Gasteiger partial charge in [0.15, 0.2) is 0 Å². The predicted octanol–water partition coefficient (Wildman–Crippen LogP) is 3.55. The van der Waals surface area contributed by atoms with E-state index in [-0.39, 0.29) is 49.0 Å². The fourth-order valence-electron chi connectivity index (χ4n) is 4.83. The summed E-state index contributed by atoms with van der Waals surface area (Å²) in [6, 6.07) is 15.0. The highest BCUT2D eigenvalue weighted by Crippen LogP contribution is 2.32. The van der Waals surface area contributed by atoms with E-state index in [0.717, 1.165) is 19.3 Å². The van der Waals surface area contributed by atoms with Crippen LogP contribution in [0.2, 0.25) is 0 Å². The molecular weight excluding hydrogens is 458 g/mol. The number of likely N-dealkylation sites (N-methyl/N-ethyl adjacent to an activating group) is 1. The number of nitrogens with one attached hydrogen (secondary N) is 2. The second-order valence-electron chi connectivity index (χ2n) is 9.47. The molecule has 8 nitrogen and oxygen atoms in total. The van der Waals surface area contributed by atoms with Crippen LogP contribution in [0.25, 0.3) is 0 Å². The molecule has 36 heavy (non-hydrogen) atoms. The first-order valence-corrected chi connectivity index (χ1v) is 12.7. The monoisotopic (exact) mass is 493 g/mol. The van der Waals surface area contributed by atoms with Crippen LogP contribution in [0.15, 0.2) is 48.5 Å². The summed E-state index contributed by atoms with van der Waals surface area (Å²) in [7, 11) is 1.78. The van der Waals surface area contributed by atoms with Crippen LogP contribution in [0.3, 0.4) is 0 Å². The van der Waals surface area contributed by atoms with Crippen molar-refractivity contribution in [3.05, 3.63) is 59.7 Å². The summed E-state index contributed by atoms with van der Waals surface area (Å²) in [6.45, 7) is 2.81. The van der Waals surface area contributed by atoms with E-state index in [0.29, 0.717) is 36.4 Å². The van der Waals surface area contributed by atoms with Crippen LogP contribution < -0.4 is 15.4 Å². The van der Waals surface area contributed by atoms with Gasteiger partial charge in [0.05, 0.1) is 24.1 Å².